The van der Waals surface area contributed by atoms with E-state index in [2.05, 4.69) is 23.6 Å². The summed E-state index contributed by atoms with van der Waals surface area (Å²) < 4.78 is 0. The zero-order chi connectivity index (χ0) is 12.8. The first-order chi connectivity index (χ1) is 8.79. The van der Waals surface area contributed by atoms with Crippen LogP contribution in [0.3, 0.4) is 0 Å². The number of thioether (sulfide) groups is 1. The van der Waals surface area contributed by atoms with Crippen molar-refractivity contribution < 1.29 is 4.79 Å². The Hall–Kier alpha value is -0.710. The molecule has 1 aliphatic rings. The third-order valence-corrected chi connectivity index (χ3v) is 4.23. The first kappa shape index (κ1) is 16.3. The summed E-state index contributed by atoms with van der Waals surface area (Å²) in [6.45, 7) is 3.11. The van der Waals surface area contributed by atoms with Crippen molar-refractivity contribution in [2.75, 3.05) is 23.4 Å². The van der Waals surface area contributed by atoms with Gasteiger partial charge in [0, 0.05) is 36.2 Å². The highest BCUT2D eigenvalue weighted by Gasteiger charge is 2.17. The summed E-state index contributed by atoms with van der Waals surface area (Å²) in [5, 5.41) is 6.40. The molecule has 5 heteroatoms. The van der Waals surface area contributed by atoms with E-state index in [4.69, 9.17) is 0 Å². The molecule has 0 saturated carbocycles. The number of amides is 1. The Labute approximate surface area is 125 Å². The summed E-state index contributed by atoms with van der Waals surface area (Å²) in [5.74, 6) is 2.29. The zero-order valence-electron chi connectivity index (χ0n) is 11.1. The molecule has 0 spiro atoms. The van der Waals surface area contributed by atoms with E-state index >= 15 is 0 Å². The fourth-order valence-electron chi connectivity index (χ4n) is 2.13. The number of para-hydroxylation sites is 1. The molecular weight excluding hydrogens is 280 g/mol. The van der Waals surface area contributed by atoms with Crippen molar-refractivity contribution in [2.24, 2.45) is 0 Å². The highest BCUT2D eigenvalue weighted by Crippen LogP contribution is 2.17. The minimum Gasteiger partial charge on any atom is -0.326 e. The number of halogens is 1. The largest absolute Gasteiger partial charge is 0.326 e. The van der Waals surface area contributed by atoms with Crippen LogP contribution in [-0.2, 0) is 11.2 Å². The van der Waals surface area contributed by atoms with Crippen molar-refractivity contribution in [1.82, 2.24) is 5.32 Å². The molecule has 19 heavy (non-hydrogen) atoms. The van der Waals surface area contributed by atoms with Gasteiger partial charge in [0.25, 0.3) is 0 Å². The lowest BCUT2D eigenvalue weighted by molar-refractivity contribution is -0.116. The van der Waals surface area contributed by atoms with Crippen LogP contribution < -0.4 is 10.6 Å². The van der Waals surface area contributed by atoms with Gasteiger partial charge in [0.05, 0.1) is 0 Å². The number of carbonyl (C=O) groups excluding carboxylic acids is 1. The number of hydrogen-bond acceptors (Lipinski definition) is 3. The highest BCUT2D eigenvalue weighted by molar-refractivity contribution is 7.99. The minimum atomic E-state index is 0. The van der Waals surface area contributed by atoms with E-state index < -0.39 is 0 Å². The van der Waals surface area contributed by atoms with E-state index in [9.17, 15) is 4.79 Å². The maximum Gasteiger partial charge on any atom is 0.225 e. The van der Waals surface area contributed by atoms with Gasteiger partial charge in [-0.25, -0.2) is 0 Å². The second-order valence-corrected chi connectivity index (χ2v) is 5.64. The fraction of sp³-hybridized carbons (Fsp3) is 0.500. The first-order valence-electron chi connectivity index (χ1n) is 6.48. The molecule has 0 aromatic heterocycles. The molecule has 1 saturated heterocycles. The molecule has 0 radical (unpaired) electrons. The molecule has 106 valence electrons. The number of anilines is 1. The molecule has 3 nitrogen and oxygen atoms in total. The molecule has 1 aromatic rings. The van der Waals surface area contributed by atoms with Crippen LogP contribution in [0.4, 0.5) is 5.69 Å². The lowest BCUT2D eigenvalue weighted by Crippen LogP contribution is -2.39. The van der Waals surface area contributed by atoms with Crippen LogP contribution in [0.2, 0.25) is 0 Å². The fourth-order valence-corrected chi connectivity index (χ4v) is 3.08. The third-order valence-electron chi connectivity index (χ3n) is 3.10. The molecule has 1 fully saturated rings. The van der Waals surface area contributed by atoms with Crippen molar-refractivity contribution in [3.8, 4) is 0 Å². The third kappa shape index (κ3) is 5.05. The average Bonchev–Trinajstić information content (AvgIpc) is 2.40. The molecule has 1 aliphatic heterocycles. The molecule has 1 heterocycles. The number of carbonyl (C=O) groups is 1. The maximum absolute atomic E-state index is 12.0. The van der Waals surface area contributed by atoms with Crippen LogP contribution in [0.5, 0.6) is 0 Å². The Kier molecular flexibility index (Phi) is 7.28. The van der Waals surface area contributed by atoms with E-state index in [1.807, 2.05) is 30.0 Å². The summed E-state index contributed by atoms with van der Waals surface area (Å²) in [6, 6.07) is 8.32. The molecule has 1 unspecified atom stereocenters. The van der Waals surface area contributed by atoms with E-state index in [-0.39, 0.29) is 18.3 Å². The van der Waals surface area contributed by atoms with E-state index in [1.54, 1.807) is 0 Å². The second kappa shape index (κ2) is 8.46. The molecular formula is C14H21ClN2OS. The van der Waals surface area contributed by atoms with E-state index in [1.165, 1.54) is 5.56 Å². The van der Waals surface area contributed by atoms with Crippen molar-refractivity contribution in [2.45, 2.75) is 25.8 Å². The number of rotatable bonds is 4. The standard InChI is InChI=1S/C14H20N2OS.ClH/c1-2-11-5-3-4-6-13(11)16-14(17)9-12-10-18-8-7-15-12;/h3-6,12,15H,2,7-10H2,1H3,(H,16,17);1H. The summed E-state index contributed by atoms with van der Waals surface area (Å²) in [7, 11) is 0. The lowest BCUT2D eigenvalue weighted by Gasteiger charge is -2.22. The van der Waals surface area contributed by atoms with Gasteiger partial charge in [0.1, 0.15) is 0 Å². The zero-order valence-corrected chi connectivity index (χ0v) is 12.8. The topological polar surface area (TPSA) is 41.1 Å². The van der Waals surface area contributed by atoms with Crippen LogP contribution in [0.25, 0.3) is 0 Å². The number of benzene rings is 1. The van der Waals surface area contributed by atoms with E-state index in [0.717, 1.165) is 30.2 Å². The molecule has 1 amide bonds. The smallest absolute Gasteiger partial charge is 0.225 e. The molecule has 0 bridgehead atoms. The average molecular weight is 301 g/mol. The molecule has 1 aromatic carbocycles. The molecule has 2 rings (SSSR count). The first-order valence-corrected chi connectivity index (χ1v) is 7.64. The molecule has 0 aliphatic carbocycles. The van der Waals surface area contributed by atoms with Crippen LogP contribution in [0.15, 0.2) is 24.3 Å². The van der Waals surface area contributed by atoms with Gasteiger partial charge in [0.2, 0.25) is 5.91 Å². The number of nitrogens with one attached hydrogen (secondary N) is 2. The monoisotopic (exact) mass is 300 g/mol. The van der Waals surface area contributed by atoms with Gasteiger partial charge in [0.15, 0.2) is 0 Å². The van der Waals surface area contributed by atoms with Crippen molar-refractivity contribution in [3.05, 3.63) is 29.8 Å². The predicted octanol–water partition coefficient (Wildman–Crippen LogP) is 2.70. The Bertz CT molecular complexity index is 408. The second-order valence-electron chi connectivity index (χ2n) is 4.49. The quantitative estimate of drug-likeness (QED) is 0.898. The van der Waals surface area contributed by atoms with Crippen LogP contribution in [-0.4, -0.2) is 30.0 Å². The number of aryl methyl sites for hydroxylation is 1. The highest BCUT2D eigenvalue weighted by atomic mass is 35.5. The van der Waals surface area contributed by atoms with Crippen molar-refractivity contribution in [1.29, 1.82) is 0 Å². The minimum absolute atomic E-state index is 0. The predicted molar refractivity (Wildman–Crippen MR) is 85.4 cm³/mol. The van der Waals surface area contributed by atoms with Crippen LogP contribution in [0.1, 0.15) is 18.9 Å². The summed E-state index contributed by atoms with van der Waals surface area (Å²) >= 11 is 1.92. The van der Waals surface area contributed by atoms with Gasteiger partial charge in [-0.3, -0.25) is 4.79 Å². The maximum atomic E-state index is 12.0. The summed E-state index contributed by atoms with van der Waals surface area (Å²) in [5.41, 5.74) is 2.14. The normalized spacial score (nSPS) is 18.5. The molecule has 2 N–H and O–H groups in total. The Morgan fingerprint density at radius 2 is 2.26 bits per heavy atom. The Morgan fingerprint density at radius 3 is 2.95 bits per heavy atom. The Morgan fingerprint density at radius 1 is 1.47 bits per heavy atom. The molecule has 1 atom stereocenters. The summed E-state index contributed by atoms with van der Waals surface area (Å²) in [4.78, 5) is 12.0. The SMILES string of the molecule is CCc1ccccc1NC(=O)CC1CSCCN1.Cl. The van der Waals surface area contributed by atoms with Gasteiger partial charge in [-0.15, -0.1) is 12.4 Å². The van der Waals surface area contributed by atoms with Crippen LogP contribution >= 0.6 is 24.2 Å². The summed E-state index contributed by atoms with van der Waals surface area (Å²) in [6.07, 6.45) is 1.50. The van der Waals surface area contributed by atoms with Gasteiger partial charge in [-0.1, -0.05) is 25.1 Å². The Balaban J connectivity index is 0.00000180. The van der Waals surface area contributed by atoms with E-state index in [0.29, 0.717) is 12.5 Å². The van der Waals surface area contributed by atoms with Gasteiger partial charge >= 0.3 is 0 Å². The van der Waals surface area contributed by atoms with Crippen molar-refractivity contribution >= 4 is 35.8 Å². The van der Waals surface area contributed by atoms with Gasteiger partial charge in [-0.05, 0) is 18.1 Å². The van der Waals surface area contributed by atoms with Crippen molar-refractivity contribution in [3.63, 3.8) is 0 Å². The lowest BCUT2D eigenvalue weighted by atomic mass is 10.1. The van der Waals surface area contributed by atoms with Crippen LogP contribution in [0, 0.1) is 0 Å². The number of hydrogen-bond donors (Lipinski definition) is 2. The van der Waals surface area contributed by atoms with Gasteiger partial charge in [-0.2, -0.15) is 11.8 Å². The van der Waals surface area contributed by atoms with Gasteiger partial charge < -0.3 is 10.6 Å².